The molecule has 0 aromatic heterocycles. The van der Waals surface area contributed by atoms with Crippen molar-refractivity contribution >= 4 is 29.4 Å². The lowest BCUT2D eigenvalue weighted by atomic mass is 9.53. The van der Waals surface area contributed by atoms with Gasteiger partial charge in [0, 0.05) is 22.4 Å². The molecule has 5 nitrogen and oxygen atoms in total. The lowest BCUT2D eigenvalue weighted by Gasteiger charge is -2.57. The SMILES string of the molecule is CSc1ccc(C(=O)CCC(=O)O[C@@H](C)C(=O)NC23CC4CC(CC(C4)C2)C3)cc1. The van der Waals surface area contributed by atoms with Crippen LogP contribution in [0.1, 0.15) is 68.6 Å². The average molecular weight is 430 g/mol. The average Bonchev–Trinajstić information content (AvgIpc) is 2.70. The number of hydrogen-bond donors (Lipinski definition) is 1. The number of carbonyl (C=O) groups excluding carboxylic acids is 3. The molecule has 1 aromatic rings. The molecule has 6 heteroatoms. The van der Waals surface area contributed by atoms with Crippen molar-refractivity contribution in [1.82, 2.24) is 5.32 Å². The third-order valence-corrected chi connectivity index (χ3v) is 7.82. The second-order valence-corrected chi connectivity index (χ2v) is 10.4. The minimum absolute atomic E-state index is 0.0158. The topological polar surface area (TPSA) is 72.5 Å². The summed E-state index contributed by atoms with van der Waals surface area (Å²) < 4.78 is 5.34. The molecule has 4 bridgehead atoms. The highest BCUT2D eigenvalue weighted by atomic mass is 32.2. The van der Waals surface area contributed by atoms with E-state index in [9.17, 15) is 14.4 Å². The van der Waals surface area contributed by atoms with Gasteiger partial charge in [0.2, 0.25) is 0 Å². The number of ketones is 1. The van der Waals surface area contributed by atoms with Crippen LogP contribution < -0.4 is 5.32 Å². The number of amides is 1. The summed E-state index contributed by atoms with van der Waals surface area (Å²) in [4.78, 5) is 38.3. The van der Waals surface area contributed by atoms with E-state index in [0.29, 0.717) is 5.56 Å². The van der Waals surface area contributed by atoms with E-state index in [1.165, 1.54) is 19.3 Å². The van der Waals surface area contributed by atoms with Crippen LogP contribution in [-0.2, 0) is 14.3 Å². The molecular formula is C24H31NO4S. The van der Waals surface area contributed by atoms with Gasteiger partial charge in [0.25, 0.3) is 5.91 Å². The molecule has 0 radical (unpaired) electrons. The maximum Gasteiger partial charge on any atom is 0.307 e. The summed E-state index contributed by atoms with van der Waals surface area (Å²) in [5, 5.41) is 3.25. The molecule has 4 aliphatic rings. The number of carbonyl (C=O) groups is 3. The number of esters is 1. The number of benzene rings is 1. The van der Waals surface area contributed by atoms with Gasteiger partial charge in [-0.1, -0.05) is 12.1 Å². The Kier molecular flexibility index (Phi) is 6.24. The van der Waals surface area contributed by atoms with Crippen LogP contribution in [-0.4, -0.2) is 35.6 Å². The highest BCUT2D eigenvalue weighted by Crippen LogP contribution is 2.55. The predicted octanol–water partition coefficient (Wildman–Crippen LogP) is 4.39. The second-order valence-electron chi connectivity index (χ2n) is 9.47. The number of rotatable bonds is 8. The number of nitrogens with one attached hydrogen (secondary N) is 1. The van der Waals surface area contributed by atoms with Gasteiger partial charge in [-0.15, -0.1) is 11.8 Å². The summed E-state index contributed by atoms with van der Waals surface area (Å²) in [5.74, 6) is 1.42. The van der Waals surface area contributed by atoms with Crippen molar-refractivity contribution in [1.29, 1.82) is 0 Å². The summed E-state index contributed by atoms with van der Waals surface area (Å²) in [6.45, 7) is 1.62. The smallest absolute Gasteiger partial charge is 0.307 e. The summed E-state index contributed by atoms with van der Waals surface area (Å²) in [6.07, 6.45) is 8.35. The quantitative estimate of drug-likeness (QED) is 0.377. The Morgan fingerprint density at radius 3 is 2.13 bits per heavy atom. The zero-order chi connectivity index (χ0) is 21.3. The third-order valence-electron chi connectivity index (χ3n) is 7.07. The van der Waals surface area contributed by atoms with Gasteiger partial charge in [-0.3, -0.25) is 14.4 Å². The lowest BCUT2D eigenvalue weighted by molar-refractivity contribution is -0.156. The molecule has 4 saturated carbocycles. The maximum absolute atomic E-state index is 12.7. The molecule has 30 heavy (non-hydrogen) atoms. The fourth-order valence-corrected chi connectivity index (χ4v) is 6.48. The summed E-state index contributed by atoms with van der Waals surface area (Å²) in [7, 11) is 0. The minimum atomic E-state index is -0.832. The molecule has 0 saturated heterocycles. The standard InChI is InChI=1S/C24H31NO4S/c1-15(23(28)25-24-12-16-9-17(13-24)11-18(10-16)14-24)29-22(27)8-7-21(26)19-3-5-20(30-2)6-4-19/h3-6,15-18H,7-14H2,1-2H3,(H,25,28)/t15-,16?,17?,18?,24?/m0/s1. The Balaban J connectivity index is 1.24. The van der Waals surface area contributed by atoms with Crippen LogP contribution in [0.4, 0.5) is 0 Å². The first-order valence-corrected chi connectivity index (χ1v) is 12.3. The van der Waals surface area contributed by atoms with Crippen LogP contribution in [0.25, 0.3) is 0 Å². The second kappa shape index (κ2) is 8.74. The van der Waals surface area contributed by atoms with Crippen LogP contribution in [0.5, 0.6) is 0 Å². The molecule has 5 rings (SSSR count). The van der Waals surface area contributed by atoms with Gasteiger partial charge in [0.15, 0.2) is 11.9 Å². The molecule has 0 unspecified atom stereocenters. The number of hydrogen-bond acceptors (Lipinski definition) is 5. The Labute approximate surface area is 182 Å². The van der Waals surface area contributed by atoms with Crippen molar-refractivity contribution in [3.63, 3.8) is 0 Å². The molecule has 4 aliphatic carbocycles. The van der Waals surface area contributed by atoms with E-state index in [4.69, 9.17) is 4.74 Å². The zero-order valence-electron chi connectivity index (χ0n) is 17.8. The molecular weight excluding hydrogens is 398 g/mol. The zero-order valence-corrected chi connectivity index (χ0v) is 18.6. The first-order chi connectivity index (χ1) is 14.4. The Hall–Kier alpha value is -1.82. The monoisotopic (exact) mass is 429 g/mol. The molecule has 1 amide bonds. The normalized spacial score (nSPS) is 30.0. The van der Waals surface area contributed by atoms with Crippen molar-refractivity contribution in [3.05, 3.63) is 29.8 Å². The number of Topliss-reactive ketones (excluding diaryl/α,β-unsaturated/α-hetero) is 1. The van der Waals surface area contributed by atoms with E-state index in [1.54, 1.807) is 30.8 Å². The lowest BCUT2D eigenvalue weighted by Crippen LogP contribution is -2.61. The van der Waals surface area contributed by atoms with Crippen LogP contribution in [0.2, 0.25) is 0 Å². The van der Waals surface area contributed by atoms with Gasteiger partial charge < -0.3 is 10.1 Å². The van der Waals surface area contributed by atoms with Crippen molar-refractivity contribution < 1.29 is 19.1 Å². The molecule has 0 spiro atoms. The van der Waals surface area contributed by atoms with Crippen molar-refractivity contribution in [2.24, 2.45) is 17.8 Å². The fraction of sp³-hybridized carbons (Fsp3) is 0.625. The van der Waals surface area contributed by atoms with E-state index >= 15 is 0 Å². The fourth-order valence-electron chi connectivity index (χ4n) is 6.07. The third kappa shape index (κ3) is 4.74. The Bertz CT molecular complexity index is 784. The summed E-state index contributed by atoms with van der Waals surface area (Å²) in [5.41, 5.74) is 0.499. The van der Waals surface area contributed by atoms with Gasteiger partial charge >= 0.3 is 5.97 Å². The van der Waals surface area contributed by atoms with E-state index in [1.807, 2.05) is 18.4 Å². The van der Waals surface area contributed by atoms with Gasteiger partial charge in [-0.25, -0.2) is 0 Å². The highest BCUT2D eigenvalue weighted by molar-refractivity contribution is 7.98. The minimum Gasteiger partial charge on any atom is -0.453 e. The van der Waals surface area contributed by atoms with Gasteiger partial charge in [-0.05, 0) is 81.6 Å². The Morgan fingerprint density at radius 2 is 1.60 bits per heavy atom. The molecule has 1 N–H and O–H groups in total. The molecule has 162 valence electrons. The first-order valence-electron chi connectivity index (χ1n) is 11.0. The largest absolute Gasteiger partial charge is 0.453 e. The van der Waals surface area contributed by atoms with Crippen molar-refractivity contribution in [3.8, 4) is 0 Å². The van der Waals surface area contributed by atoms with Crippen LogP contribution in [0.15, 0.2) is 29.2 Å². The molecule has 4 fully saturated rings. The van der Waals surface area contributed by atoms with E-state index in [-0.39, 0.29) is 30.1 Å². The Morgan fingerprint density at radius 1 is 1.03 bits per heavy atom. The van der Waals surface area contributed by atoms with Gasteiger partial charge in [-0.2, -0.15) is 0 Å². The van der Waals surface area contributed by atoms with Gasteiger partial charge in [0.1, 0.15) is 0 Å². The van der Waals surface area contributed by atoms with Crippen LogP contribution >= 0.6 is 11.8 Å². The maximum atomic E-state index is 12.7. The molecule has 1 atom stereocenters. The first kappa shape index (κ1) is 21.4. The summed E-state index contributed by atoms with van der Waals surface area (Å²) in [6, 6.07) is 7.35. The number of thioether (sulfide) groups is 1. The van der Waals surface area contributed by atoms with E-state index in [0.717, 1.165) is 41.9 Å². The van der Waals surface area contributed by atoms with Crippen molar-refractivity contribution in [2.75, 3.05) is 6.26 Å². The molecule has 1 aromatic carbocycles. The van der Waals surface area contributed by atoms with E-state index < -0.39 is 12.1 Å². The van der Waals surface area contributed by atoms with Gasteiger partial charge in [0.05, 0.1) is 6.42 Å². The summed E-state index contributed by atoms with van der Waals surface area (Å²) >= 11 is 1.61. The van der Waals surface area contributed by atoms with Crippen LogP contribution in [0, 0.1) is 17.8 Å². The van der Waals surface area contributed by atoms with E-state index in [2.05, 4.69) is 5.32 Å². The van der Waals surface area contributed by atoms with Crippen molar-refractivity contribution in [2.45, 2.75) is 74.8 Å². The molecule has 0 aliphatic heterocycles. The number of ether oxygens (including phenoxy) is 1. The highest BCUT2D eigenvalue weighted by Gasteiger charge is 2.51. The predicted molar refractivity (Wildman–Crippen MR) is 116 cm³/mol. The van der Waals surface area contributed by atoms with Crippen LogP contribution in [0.3, 0.4) is 0 Å². The molecule has 0 heterocycles.